The van der Waals surface area contributed by atoms with E-state index in [1.54, 1.807) is 13.8 Å². The quantitative estimate of drug-likeness (QED) is 0.701. The molecule has 0 fully saturated rings. The van der Waals surface area contributed by atoms with Crippen molar-refractivity contribution < 1.29 is 5.11 Å². The summed E-state index contributed by atoms with van der Waals surface area (Å²) < 4.78 is 0. The number of alkyl halides is 1. The van der Waals surface area contributed by atoms with Crippen LogP contribution in [0, 0.1) is 0 Å². The summed E-state index contributed by atoms with van der Waals surface area (Å²) in [6.07, 6.45) is 0. The van der Waals surface area contributed by atoms with E-state index in [1.807, 2.05) is 30.3 Å². The topological polar surface area (TPSA) is 20.2 Å². The van der Waals surface area contributed by atoms with Crippen LogP contribution in [0.4, 0.5) is 0 Å². The first-order chi connectivity index (χ1) is 5.52. The van der Waals surface area contributed by atoms with E-state index in [1.165, 1.54) is 0 Å². The van der Waals surface area contributed by atoms with Crippen LogP contribution in [-0.2, 0) is 0 Å². The second-order valence-corrected chi connectivity index (χ2v) is 3.86. The highest BCUT2D eigenvalue weighted by atomic mass is 35.5. The molecule has 0 radical (unpaired) electrons. The highest BCUT2D eigenvalue weighted by molar-refractivity contribution is 6.21. The summed E-state index contributed by atoms with van der Waals surface area (Å²) in [6, 6.07) is 9.58. The number of halogens is 1. The van der Waals surface area contributed by atoms with E-state index in [0.29, 0.717) is 0 Å². The fourth-order valence-electron chi connectivity index (χ4n) is 1.03. The van der Waals surface area contributed by atoms with E-state index in [-0.39, 0.29) is 5.38 Å². The fourth-order valence-corrected chi connectivity index (χ4v) is 1.18. The van der Waals surface area contributed by atoms with Gasteiger partial charge in [-0.1, -0.05) is 30.3 Å². The average Bonchev–Trinajstić information content (AvgIpc) is 2.03. The minimum absolute atomic E-state index is 0.348. The van der Waals surface area contributed by atoms with Crippen molar-refractivity contribution in [2.24, 2.45) is 0 Å². The van der Waals surface area contributed by atoms with Crippen molar-refractivity contribution in [1.29, 1.82) is 0 Å². The number of rotatable bonds is 2. The first-order valence-corrected chi connectivity index (χ1v) is 4.37. The van der Waals surface area contributed by atoms with E-state index in [4.69, 9.17) is 11.6 Å². The third-order valence-electron chi connectivity index (χ3n) is 1.71. The van der Waals surface area contributed by atoms with Gasteiger partial charge in [0, 0.05) is 0 Å². The van der Waals surface area contributed by atoms with Crippen molar-refractivity contribution in [3.05, 3.63) is 35.9 Å². The van der Waals surface area contributed by atoms with E-state index in [2.05, 4.69) is 0 Å². The number of aliphatic hydroxyl groups is 1. The molecule has 0 aliphatic carbocycles. The van der Waals surface area contributed by atoms with Crippen molar-refractivity contribution in [2.75, 3.05) is 0 Å². The van der Waals surface area contributed by atoms with Crippen molar-refractivity contribution in [2.45, 2.75) is 24.8 Å². The van der Waals surface area contributed by atoms with Gasteiger partial charge in [-0.15, -0.1) is 11.6 Å². The Morgan fingerprint density at radius 2 is 1.75 bits per heavy atom. The molecule has 1 atom stereocenters. The molecule has 0 aliphatic heterocycles. The third kappa shape index (κ3) is 2.23. The largest absolute Gasteiger partial charge is 0.389 e. The highest BCUT2D eigenvalue weighted by Gasteiger charge is 2.25. The van der Waals surface area contributed by atoms with Crippen LogP contribution in [-0.4, -0.2) is 10.7 Å². The average molecular weight is 185 g/mol. The first-order valence-electron chi connectivity index (χ1n) is 3.93. The standard InChI is InChI=1S/C10H13ClO/c1-10(2,12)9(11)8-6-4-3-5-7-8/h3-7,9,12H,1-2H3/t9-/m1/s1. The van der Waals surface area contributed by atoms with Crippen molar-refractivity contribution in [1.82, 2.24) is 0 Å². The molecule has 0 bridgehead atoms. The van der Waals surface area contributed by atoms with Crippen LogP contribution < -0.4 is 0 Å². The molecule has 0 aromatic heterocycles. The third-order valence-corrected chi connectivity index (χ3v) is 2.50. The molecule has 0 saturated carbocycles. The molecule has 12 heavy (non-hydrogen) atoms. The number of hydrogen-bond donors (Lipinski definition) is 1. The van der Waals surface area contributed by atoms with Crippen LogP contribution >= 0.6 is 11.6 Å². The Morgan fingerprint density at radius 3 is 2.17 bits per heavy atom. The molecule has 0 spiro atoms. The molecule has 1 N–H and O–H groups in total. The Labute approximate surface area is 78.0 Å². The first kappa shape index (κ1) is 9.56. The zero-order chi connectivity index (χ0) is 9.19. The molecule has 1 aromatic rings. The van der Waals surface area contributed by atoms with Gasteiger partial charge in [-0.2, -0.15) is 0 Å². The smallest absolute Gasteiger partial charge is 0.0867 e. The Bertz CT molecular complexity index is 238. The van der Waals surface area contributed by atoms with Crippen LogP contribution in [0.5, 0.6) is 0 Å². The van der Waals surface area contributed by atoms with E-state index < -0.39 is 5.60 Å². The van der Waals surface area contributed by atoms with Crippen LogP contribution in [0.15, 0.2) is 30.3 Å². The number of benzene rings is 1. The van der Waals surface area contributed by atoms with Gasteiger partial charge in [0.05, 0.1) is 11.0 Å². The molecule has 1 rings (SSSR count). The molecule has 1 aromatic carbocycles. The minimum atomic E-state index is -0.872. The van der Waals surface area contributed by atoms with E-state index >= 15 is 0 Å². The van der Waals surface area contributed by atoms with Gasteiger partial charge < -0.3 is 5.11 Å². The lowest BCUT2D eigenvalue weighted by Crippen LogP contribution is -2.24. The van der Waals surface area contributed by atoms with Gasteiger partial charge in [0.1, 0.15) is 0 Å². The Balaban J connectivity index is 2.86. The predicted molar refractivity (Wildman–Crippen MR) is 51.3 cm³/mol. The molecule has 0 amide bonds. The van der Waals surface area contributed by atoms with Gasteiger partial charge >= 0.3 is 0 Å². The molecule has 0 saturated heterocycles. The van der Waals surface area contributed by atoms with Gasteiger partial charge in [-0.05, 0) is 19.4 Å². The predicted octanol–water partition coefficient (Wildman–Crippen LogP) is 2.74. The van der Waals surface area contributed by atoms with Gasteiger partial charge in [-0.25, -0.2) is 0 Å². The zero-order valence-electron chi connectivity index (χ0n) is 7.29. The maximum atomic E-state index is 9.61. The molecular weight excluding hydrogens is 172 g/mol. The second-order valence-electron chi connectivity index (χ2n) is 3.43. The normalized spacial score (nSPS) is 14.3. The fraction of sp³-hybridized carbons (Fsp3) is 0.400. The molecular formula is C10H13ClO. The van der Waals surface area contributed by atoms with Crippen LogP contribution in [0.25, 0.3) is 0 Å². The molecule has 66 valence electrons. The highest BCUT2D eigenvalue weighted by Crippen LogP contribution is 2.31. The van der Waals surface area contributed by atoms with Gasteiger partial charge in [0.2, 0.25) is 0 Å². The van der Waals surface area contributed by atoms with Crippen LogP contribution in [0.2, 0.25) is 0 Å². The lowest BCUT2D eigenvalue weighted by atomic mass is 9.98. The lowest BCUT2D eigenvalue weighted by Gasteiger charge is -2.23. The summed E-state index contributed by atoms with van der Waals surface area (Å²) in [7, 11) is 0. The SMILES string of the molecule is CC(C)(O)[C@H](Cl)c1ccccc1. The Hall–Kier alpha value is -0.530. The molecule has 2 heteroatoms. The van der Waals surface area contributed by atoms with Crippen molar-refractivity contribution >= 4 is 11.6 Å². The minimum Gasteiger partial charge on any atom is -0.389 e. The molecule has 0 unspecified atom stereocenters. The van der Waals surface area contributed by atoms with E-state index in [0.717, 1.165) is 5.56 Å². The zero-order valence-corrected chi connectivity index (χ0v) is 8.05. The van der Waals surface area contributed by atoms with Crippen molar-refractivity contribution in [3.63, 3.8) is 0 Å². The second kappa shape index (κ2) is 3.46. The van der Waals surface area contributed by atoms with Gasteiger partial charge in [0.25, 0.3) is 0 Å². The summed E-state index contributed by atoms with van der Waals surface area (Å²) in [5.41, 5.74) is 0.0785. The molecule has 1 nitrogen and oxygen atoms in total. The lowest BCUT2D eigenvalue weighted by molar-refractivity contribution is 0.0754. The van der Waals surface area contributed by atoms with E-state index in [9.17, 15) is 5.11 Å². The van der Waals surface area contributed by atoms with Crippen LogP contribution in [0.1, 0.15) is 24.8 Å². The molecule has 0 heterocycles. The summed E-state index contributed by atoms with van der Waals surface area (Å²) >= 11 is 6.03. The van der Waals surface area contributed by atoms with Crippen LogP contribution in [0.3, 0.4) is 0 Å². The molecule has 0 aliphatic rings. The summed E-state index contributed by atoms with van der Waals surface area (Å²) in [6.45, 7) is 3.41. The Morgan fingerprint density at radius 1 is 1.25 bits per heavy atom. The summed E-state index contributed by atoms with van der Waals surface area (Å²) in [5.74, 6) is 0. The maximum Gasteiger partial charge on any atom is 0.0867 e. The Kier molecular flexibility index (Phi) is 2.76. The number of hydrogen-bond acceptors (Lipinski definition) is 1. The van der Waals surface area contributed by atoms with Gasteiger partial charge in [-0.3, -0.25) is 0 Å². The monoisotopic (exact) mass is 184 g/mol. The summed E-state index contributed by atoms with van der Waals surface area (Å²) in [4.78, 5) is 0. The summed E-state index contributed by atoms with van der Waals surface area (Å²) in [5, 5.41) is 9.26. The van der Waals surface area contributed by atoms with Gasteiger partial charge in [0.15, 0.2) is 0 Å². The van der Waals surface area contributed by atoms with Crippen molar-refractivity contribution in [3.8, 4) is 0 Å². The maximum absolute atomic E-state index is 9.61.